The third-order valence-electron chi connectivity index (χ3n) is 2.70. The molecule has 0 aromatic heterocycles. The van der Waals surface area contributed by atoms with Crippen LogP contribution in [-0.2, 0) is 4.79 Å². The van der Waals surface area contributed by atoms with Crippen LogP contribution in [0, 0.1) is 10.1 Å². The first kappa shape index (κ1) is 17.0. The van der Waals surface area contributed by atoms with Crippen molar-refractivity contribution in [3.63, 3.8) is 0 Å². The van der Waals surface area contributed by atoms with Crippen molar-refractivity contribution in [1.29, 1.82) is 0 Å². The molecule has 1 aromatic carbocycles. The van der Waals surface area contributed by atoms with Gasteiger partial charge in [0.15, 0.2) is 0 Å². The molecule has 1 atom stereocenters. The molecule has 1 rings (SSSR count). The summed E-state index contributed by atoms with van der Waals surface area (Å²) in [6.07, 6.45) is 0.264. The van der Waals surface area contributed by atoms with Gasteiger partial charge in [0, 0.05) is 6.07 Å². The third-order valence-corrected chi connectivity index (χ3v) is 3.64. The number of nitrogens with one attached hydrogen (secondary N) is 1. The van der Waals surface area contributed by atoms with Crippen molar-refractivity contribution in [2.24, 2.45) is 0 Å². The molecule has 0 saturated heterocycles. The van der Waals surface area contributed by atoms with Gasteiger partial charge in [-0.25, -0.2) is 4.79 Å². The van der Waals surface area contributed by atoms with Gasteiger partial charge in [0.1, 0.15) is 11.6 Å². The van der Waals surface area contributed by atoms with Gasteiger partial charge in [-0.05, 0) is 24.0 Å². The molecule has 0 aliphatic rings. The highest BCUT2D eigenvalue weighted by Gasteiger charge is 2.24. The molecule has 2 N–H and O–H groups in total. The molecule has 0 heterocycles. The van der Waals surface area contributed by atoms with Gasteiger partial charge in [-0.3, -0.25) is 14.9 Å². The van der Waals surface area contributed by atoms with E-state index in [4.69, 9.17) is 5.11 Å². The maximum Gasteiger partial charge on any atom is 0.326 e. The van der Waals surface area contributed by atoms with Crippen LogP contribution in [0.15, 0.2) is 24.3 Å². The van der Waals surface area contributed by atoms with Gasteiger partial charge >= 0.3 is 5.97 Å². The van der Waals surface area contributed by atoms with Gasteiger partial charge in [-0.1, -0.05) is 19.1 Å². The van der Waals surface area contributed by atoms with Crippen molar-refractivity contribution >= 4 is 29.3 Å². The Bertz CT molecular complexity index is 535. The Kier molecular flexibility index (Phi) is 6.67. The SMILES string of the molecule is CCSCCC(NC(=O)c1ccccc1[N+](=O)[O-])C(=O)O. The van der Waals surface area contributed by atoms with E-state index in [1.165, 1.54) is 24.3 Å². The molecule has 0 spiro atoms. The number of carbonyl (C=O) groups is 2. The molecule has 1 amide bonds. The van der Waals surface area contributed by atoms with Crippen molar-refractivity contribution < 1.29 is 19.6 Å². The number of carboxylic acid groups (broad SMARTS) is 1. The monoisotopic (exact) mass is 312 g/mol. The van der Waals surface area contributed by atoms with Crippen LogP contribution < -0.4 is 5.32 Å². The van der Waals surface area contributed by atoms with Crippen LogP contribution in [0.1, 0.15) is 23.7 Å². The molecule has 0 saturated carbocycles. The number of thioether (sulfide) groups is 1. The normalized spacial score (nSPS) is 11.7. The predicted molar refractivity (Wildman–Crippen MR) is 79.6 cm³/mol. The molecule has 21 heavy (non-hydrogen) atoms. The Morgan fingerprint density at radius 3 is 2.67 bits per heavy atom. The Hall–Kier alpha value is -2.09. The molecular weight excluding hydrogens is 296 g/mol. The average molecular weight is 312 g/mol. The lowest BCUT2D eigenvalue weighted by molar-refractivity contribution is -0.385. The fourth-order valence-corrected chi connectivity index (χ4v) is 2.35. The molecule has 0 radical (unpaired) electrons. The second-order valence-electron chi connectivity index (χ2n) is 4.12. The van der Waals surface area contributed by atoms with Crippen LogP contribution in [0.25, 0.3) is 0 Å². The maximum absolute atomic E-state index is 12.0. The number of aliphatic carboxylic acids is 1. The zero-order valence-electron chi connectivity index (χ0n) is 11.4. The zero-order valence-corrected chi connectivity index (χ0v) is 12.3. The molecule has 1 aromatic rings. The smallest absolute Gasteiger partial charge is 0.326 e. The van der Waals surface area contributed by atoms with Crippen molar-refractivity contribution in [2.75, 3.05) is 11.5 Å². The second-order valence-corrected chi connectivity index (χ2v) is 5.52. The first-order valence-electron chi connectivity index (χ1n) is 6.32. The van der Waals surface area contributed by atoms with Crippen LogP contribution in [0.4, 0.5) is 5.69 Å². The average Bonchev–Trinajstić information content (AvgIpc) is 2.46. The summed E-state index contributed by atoms with van der Waals surface area (Å²) in [7, 11) is 0. The van der Waals surface area contributed by atoms with E-state index < -0.39 is 22.8 Å². The van der Waals surface area contributed by atoms with E-state index in [9.17, 15) is 19.7 Å². The summed E-state index contributed by atoms with van der Waals surface area (Å²) in [6, 6.07) is 4.38. The highest BCUT2D eigenvalue weighted by molar-refractivity contribution is 7.99. The molecule has 0 bridgehead atoms. The van der Waals surface area contributed by atoms with Crippen molar-refractivity contribution in [3.8, 4) is 0 Å². The number of carbonyl (C=O) groups excluding carboxylic acids is 1. The van der Waals surface area contributed by atoms with Crippen molar-refractivity contribution in [3.05, 3.63) is 39.9 Å². The highest BCUT2D eigenvalue weighted by Crippen LogP contribution is 2.17. The number of hydrogen-bond acceptors (Lipinski definition) is 5. The third kappa shape index (κ3) is 5.07. The molecule has 0 aliphatic carbocycles. The van der Waals surface area contributed by atoms with Gasteiger partial charge in [-0.2, -0.15) is 11.8 Å². The number of nitro groups is 1. The summed E-state index contributed by atoms with van der Waals surface area (Å²) >= 11 is 1.56. The topological polar surface area (TPSA) is 110 Å². The van der Waals surface area contributed by atoms with E-state index in [-0.39, 0.29) is 17.7 Å². The number of amides is 1. The van der Waals surface area contributed by atoms with Gasteiger partial charge in [-0.15, -0.1) is 0 Å². The van der Waals surface area contributed by atoms with Crippen LogP contribution in [0.3, 0.4) is 0 Å². The largest absolute Gasteiger partial charge is 0.480 e. The van der Waals surface area contributed by atoms with Crippen LogP contribution in [0.5, 0.6) is 0 Å². The van der Waals surface area contributed by atoms with Crippen LogP contribution >= 0.6 is 11.8 Å². The quantitative estimate of drug-likeness (QED) is 0.431. The van der Waals surface area contributed by atoms with E-state index in [1.807, 2.05) is 6.92 Å². The van der Waals surface area contributed by atoms with Crippen LogP contribution in [0.2, 0.25) is 0 Å². The maximum atomic E-state index is 12.0. The van der Waals surface area contributed by atoms with Gasteiger partial charge in [0.2, 0.25) is 0 Å². The number of nitro benzene ring substituents is 1. The predicted octanol–water partition coefficient (Wildman–Crippen LogP) is 1.92. The highest BCUT2D eigenvalue weighted by atomic mass is 32.2. The zero-order chi connectivity index (χ0) is 15.8. The summed E-state index contributed by atoms with van der Waals surface area (Å²) in [6.45, 7) is 1.95. The van der Waals surface area contributed by atoms with Gasteiger partial charge in [0.25, 0.3) is 11.6 Å². The van der Waals surface area contributed by atoms with E-state index in [0.29, 0.717) is 5.75 Å². The minimum atomic E-state index is -1.15. The van der Waals surface area contributed by atoms with E-state index in [0.717, 1.165) is 5.75 Å². The van der Waals surface area contributed by atoms with E-state index >= 15 is 0 Å². The summed E-state index contributed by atoms with van der Waals surface area (Å²) in [5.41, 5.74) is -0.487. The number of carboxylic acids is 1. The Balaban J connectivity index is 2.82. The fraction of sp³-hybridized carbons (Fsp3) is 0.385. The summed E-state index contributed by atoms with van der Waals surface area (Å²) in [5, 5.41) is 22.3. The lowest BCUT2D eigenvalue weighted by Crippen LogP contribution is -2.41. The van der Waals surface area contributed by atoms with Gasteiger partial charge in [0.05, 0.1) is 4.92 Å². The second kappa shape index (κ2) is 8.25. The number of nitrogens with zero attached hydrogens (tertiary/aromatic N) is 1. The first-order chi connectivity index (χ1) is 9.97. The number of hydrogen-bond donors (Lipinski definition) is 2. The number of para-hydroxylation sites is 1. The molecule has 0 aliphatic heterocycles. The van der Waals surface area contributed by atoms with Crippen molar-refractivity contribution in [2.45, 2.75) is 19.4 Å². The summed E-state index contributed by atoms with van der Waals surface area (Å²) in [4.78, 5) is 33.3. The molecule has 0 fully saturated rings. The fourth-order valence-electron chi connectivity index (χ4n) is 1.66. The standard InChI is InChI=1S/C13H16N2O5S/c1-2-21-8-7-10(13(17)18)14-12(16)9-5-3-4-6-11(9)15(19)20/h3-6,10H,2,7-8H2,1H3,(H,14,16)(H,17,18). The number of rotatable bonds is 8. The summed E-state index contributed by atoms with van der Waals surface area (Å²) in [5.74, 6) is -0.468. The Morgan fingerprint density at radius 1 is 1.43 bits per heavy atom. The Morgan fingerprint density at radius 2 is 2.10 bits per heavy atom. The Labute approximate surface area is 125 Å². The molecule has 1 unspecified atom stereocenters. The minimum absolute atomic E-state index is 0.142. The molecule has 8 heteroatoms. The lowest BCUT2D eigenvalue weighted by Gasteiger charge is -2.14. The summed E-state index contributed by atoms with van der Waals surface area (Å²) < 4.78 is 0. The van der Waals surface area contributed by atoms with E-state index in [1.54, 1.807) is 11.8 Å². The number of benzene rings is 1. The lowest BCUT2D eigenvalue weighted by atomic mass is 10.1. The van der Waals surface area contributed by atoms with Crippen LogP contribution in [-0.4, -0.2) is 39.5 Å². The van der Waals surface area contributed by atoms with Gasteiger partial charge < -0.3 is 10.4 Å². The molecule has 7 nitrogen and oxygen atoms in total. The molecular formula is C13H16N2O5S. The minimum Gasteiger partial charge on any atom is -0.480 e. The molecule has 114 valence electrons. The van der Waals surface area contributed by atoms with E-state index in [2.05, 4.69) is 5.32 Å². The van der Waals surface area contributed by atoms with Crippen molar-refractivity contribution in [1.82, 2.24) is 5.32 Å². The first-order valence-corrected chi connectivity index (χ1v) is 7.47.